The van der Waals surface area contributed by atoms with Crippen molar-refractivity contribution < 1.29 is 17.6 Å². The van der Waals surface area contributed by atoms with Gasteiger partial charge in [-0.15, -0.1) is 10.2 Å². The SMILES string of the molecule is CC(=O)Nc1ccc(S(=O)(=O)Nc2ccc(-c3nnc(-c4ccccc4)o3)cc2)cc1. The van der Waals surface area contributed by atoms with E-state index < -0.39 is 10.0 Å². The van der Waals surface area contributed by atoms with Gasteiger partial charge in [-0.05, 0) is 60.7 Å². The van der Waals surface area contributed by atoms with Crippen LogP contribution in [0.1, 0.15) is 6.92 Å². The van der Waals surface area contributed by atoms with Crippen molar-refractivity contribution in [3.05, 3.63) is 78.9 Å². The number of amides is 1. The lowest BCUT2D eigenvalue weighted by molar-refractivity contribution is -0.114. The highest BCUT2D eigenvalue weighted by Crippen LogP contribution is 2.25. The molecule has 0 bridgehead atoms. The fraction of sp³-hybridized carbons (Fsp3) is 0.0455. The summed E-state index contributed by atoms with van der Waals surface area (Å²) in [6.45, 7) is 1.38. The molecule has 0 fully saturated rings. The molecule has 0 atom stereocenters. The first-order valence-electron chi connectivity index (χ1n) is 9.30. The Bertz CT molecular complexity index is 1300. The van der Waals surface area contributed by atoms with Crippen molar-refractivity contribution in [3.8, 4) is 22.9 Å². The Kier molecular flexibility index (Phi) is 5.50. The van der Waals surface area contributed by atoms with Crippen LogP contribution in [0.15, 0.2) is 88.2 Å². The summed E-state index contributed by atoms with van der Waals surface area (Å²) in [4.78, 5) is 11.2. The highest BCUT2D eigenvalue weighted by Gasteiger charge is 2.15. The van der Waals surface area contributed by atoms with Gasteiger partial charge in [0.1, 0.15) is 0 Å². The first-order chi connectivity index (χ1) is 14.9. The van der Waals surface area contributed by atoms with Crippen LogP contribution >= 0.6 is 0 Å². The molecule has 3 aromatic carbocycles. The predicted octanol–water partition coefficient (Wildman–Crippen LogP) is 4.16. The summed E-state index contributed by atoms with van der Waals surface area (Å²) < 4.78 is 33.5. The van der Waals surface area contributed by atoms with Crippen LogP contribution in [0.5, 0.6) is 0 Å². The lowest BCUT2D eigenvalue weighted by Crippen LogP contribution is -2.13. The van der Waals surface area contributed by atoms with Gasteiger partial charge < -0.3 is 9.73 Å². The molecular formula is C22H18N4O4S. The third-order valence-electron chi connectivity index (χ3n) is 4.31. The summed E-state index contributed by atoms with van der Waals surface area (Å²) in [6.07, 6.45) is 0. The molecule has 156 valence electrons. The second-order valence-corrected chi connectivity index (χ2v) is 8.35. The molecule has 0 saturated carbocycles. The number of carbonyl (C=O) groups excluding carboxylic acids is 1. The summed E-state index contributed by atoms with van der Waals surface area (Å²) in [7, 11) is -3.78. The second kappa shape index (κ2) is 8.41. The van der Waals surface area contributed by atoms with Gasteiger partial charge >= 0.3 is 0 Å². The van der Waals surface area contributed by atoms with Crippen molar-refractivity contribution in [2.45, 2.75) is 11.8 Å². The maximum atomic E-state index is 12.6. The minimum atomic E-state index is -3.78. The van der Waals surface area contributed by atoms with E-state index >= 15 is 0 Å². The molecule has 0 spiro atoms. The van der Waals surface area contributed by atoms with E-state index in [2.05, 4.69) is 20.2 Å². The van der Waals surface area contributed by atoms with E-state index in [1.165, 1.54) is 31.2 Å². The lowest BCUT2D eigenvalue weighted by Gasteiger charge is -2.09. The van der Waals surface area contributed by atoms with Crippen LogP contribution in [0.2, 0.25) is 0 Å². The molecule has 1 aromatic heterocycles. The van der Waals surface area contributed by atoms with E-state index in [1.54, 1.807) is 24.3 Å². The molecule has 8 nitrogen and oxygen atoms in total. The Hall–Kier alpha value is -3.98. The van der Waals surface area contributed by atoms with Crippen LogP contribution in [0, 0.1) is 0 Å². The molecular weight excluding hydrogens is 416 g/mol. The molecule has 1 amide bonds. The number of benzene rings is 3. The predicted molar refractivity (Wildman–Crippen MR) is 117 cm³/mol. The van der Waals surface area contributed by atoms with Crippen LogP contribution in [-0.2, 0) is 14.8 Å². The van der Waals surface area contributed by atoms with Crippen molar-refractivity contribution in [3.63, 3.8) is 0 Å². The largest absolute Gasteiger partial charge is 0.416 e. The molecule has 0 aliphatic rings. The minimum Gasteiger partial charge on any atom is -0.416 e. The van der Waals surface area contributed by atoms with Crippen LogP contribution < -0.4 is 10.0 Å². The number of hydrogen-bond acceptors (Lipinski definition) is 6. The average molecular weight is 434 g/mol. The third-order valence-corrected chi connectivity index (χ3v) is 5.71. The number of nitrogens with one attached hydrogen (secondary N) is 2. The van der Waals surface area contributed by atoms with Crippen molar-refractivity contribution in [1.29, 1.82) is 0 Å². The molecule has 4 rings (SSSR count). The van der Waals surface area contributed by atoms with Gasteiger partial charge in [0.15, 0.2) is 0 Å². The maximum Gasteiger partial charge on any atom is 0.261 e. The summed E-state index contributed by atoms with van der Waals surface area (Å²) in [5.41, 5.74) is 2.38. The number of sulfonamides is 1. The first-order valence-corrected chi connectivity index (χ1v) is 10.8. The van der Waals surface area contributed by atoms with E-state index in [0.29, 0.717) is 28.7 Å². The zero-order chi connectivity index (χ0) is 21.8. The number of anilines is 2. The topological polar surface area (TPSA) is 114 Å². The number of aromatic nitrogens is 2. The zero-order valence-corrected chi connectivity index (χ0v) is 17.3. The number of rotatable bonds is 6. The second-order valence-electron chi connectivity index (χ2n) is 6.67. The molecule has 2 N–H and O–H groups in total. The molecule has 4 aromatic rings. The summed E-state index contributed by atoms with van der Waals surface area (Å²) in [5.74, 6) is 0.510. The highest BCUT2D eigenvalue weighted by molar-refractivity contribution is 7.92. The molecule has 0 radical (unpaired) electrons. The van der Waals surface area contributed by atoms with Crippen LogP contribution in [0.4, 0.5) is 11.4 Å². The van der Waals surface area contributed by atoms with Crippen LogP contribution in [-0.4, -0.2) is 24.5 Å². The van der Waals surface area contributed by atoms with Gasteiger partial charge in [0.05, 0.1) is 4.90 Å². The fourth-order valence-electron chi connectivity index (χ4n) is 2.85. The summed E-state index contributed by atoms with van der Waals surface area (Å²) in [6, 6.07) is 21.9. The zero-order valence-electron chi connectivity index (χ0n) is 16.4. The normalized spacial score (nSPS) is 11.1. The standard InChI is InChI=1S/C22H18N4O4S/c1-15(27)23-18-11-13-20(14-12-18)31(28,29)26-19-9-7-17(8-10-19)22-25-24-21(30-22)16-5-3-2-4-6-16/h2-14,26H,1H3,(H,23,27). The number of hydrogen-bond donors (Lipinski definition) is 2. The Balaban J connectivity index is 1.48. The Labute approximate surface area is 179 Å². The first kappa shape index (κ1) is 20.3. The van der Waals surface area contributed by atoms with Gasteiger partial charge in [-0.1, -0.05) is 18.2 Å². The Morgan fingerprint density at radius 1 is 0.774 bits per heavy atom. The van der Waals surface area contributed by atoms with Gasteiger partial charge in [0, 0.05) is 29.4 Å². The lowest BCUT2D eigenvalue weighted by atomic mass is 10.2. The molecule has 1 heterocycles. The van der Waals surface area contributed by atoms with Gasteiger partial charge in [0.2, 0.25) is 17.7 Å². The molecule has 0 saturated heterocycles. The number of nitrogens with zero attached hydrogens (tertiary/aromatic N) is 2. The smallest absolute Gasteiger partial charge is 0.261 e. The fourth-order valence-corrected chi connectivity index (χ4v) is 3.91. The van der Waals surface area contributed by atoms with Crippen molar-refractivity contribution in [2.75, 3.05) is 10.0 Å². The van der Waals surface area contributed by atoms with Gasteiger partial charge in [-0.2, -0.15) is 0 Å². The van der Waals surface area contributed by atoms with E-state index in [4.69, 9.17) is 4.42 Å². The molecule has 0 unspecified atom stereocenters. The van der Waals surface area contributed by atoms with Crippen LogP contribution in [0.3, 0.4) is 0 Å². The van der Waals surface area contributed by atoms with E-state index in [-0.39, 0.29) is 10.8 Å². The van der Waals surface area contributed by atoms with E-state index in [0.717, 1.165) is 5.56 Å². The maximum absolute atomic E-state index is 12.6. The number of carbonyl (C=O) groups is 1. The average Bonchev–Trinajstić information content (AvgIpc) is 3.25. The quantitative estimate of drug-likeness (QED) is 0.471. The van der Waals surface area contributed by atoms with Gasteiger partial charge in [0.25, 0.3) is 10.0 Å². The molecule has 31 heavy (non-hydrogen) atoms. The third kappa shape index (κ3) is 4.78. The van der Waals surface area contributed by atoms with Crippen molar-refractivity contribution in [1.82, 2.24) is 10.2 Å². The van der Waals surface area contributed by atoms with Gasteiger partial charge in [-0.25, -0.2) is 8.42 Å². The van der Waals surface area contributed by atoms with E-state index in [9.17, 15) is 13.2 Å². The minimum absolute atomic E-state index is 0.0788. The van der Waals surface area contributed by atoms with Gasteiger partial charge in [-0.3, -0.25) is 9.52 Å². The summed E-state index contributed by atoms with van der Waals surface area (Å²) >= 11 is 0. The van der Waals surface area contributed by atoms with Crippen molar-refractivity contribution >= 4 is 27.3 Å². The molecule has 0 aliphatic heterocycles. The summed E-state index contributed by atoms with van der Waals surface area (Å²) in [5, 5.41) is 10.7. The highest BCUT2D eigenvalue weighted by atomic mass is 32.2. The van der Waals surface area contributed by atoms with Crippen LogP contribution in [0.25, 0.3) is 22.9 Å². The molecule has 9 heteroatoms. The van der Waals surface area contributed by atoms with Crippen molar-refractivity contribution in [2.24, 2.45) is 0 Å². The Morgan fingerprint density at radius 2 is 1.32 bits per heavy atom. The molecule has 0 aliphatic carbocycles. The monoisotopic (exact) mass is 434 g/mol. The van der Waals surface area contributed by atoms with E-state index in [1.807, 2.05) is 30.3 Å². The Morgan fingerprint density at radius 3 is 1.90 bits per heavy atom.